The van der Waals surface area contributed by atoms with Crippen molar-refractivity contribution < 1.29 is 18.7 Å². The molecule has 2 aromatic rings. The summed E-state index contributed by atoms with van der Waals surface area (Å²) >= 11 is 1.27. The summed E-state index contributed by atoms with van der Waals surface area (Å²) in [4.78, 5) is 14.6. The summed E-state index contributed by atoms with van der Waals surface area (Å²) in [6.07, 6.45) is 4.37. The summed E-state index contributed by atoms with van der Waals surface area (Å²) in [5.41, 5.74) is 0.686. The van der Waals surface area contributed by atoms with Crippen LogP contribution in [0.4, 0.5) is 0 Å². The Hall–Kier alpha value is -2.22. The number of amides is 1. The smallest absolute Gasteiger partial charge is 0.277 e. The monoisotopic (exact) mass is 391 g/mol. The van der Waals surface area contributed by atoms with Gasteiger partial charge in [0.2, 0.25) is 5.91 Å². The van der Waals surface area contributed by atoms with E-state index in [2.05, 4.69) is 17.1 Å². The van der Waals surface area contributed by atoms with Crippen LogP contribution in [0.1, 0.15) is 32.6 Å². The maximum absolute atomic E-state index is 12.6. The highest BCUT2D eigenvalue weighted by Gasteiger charge is 2.25. The number of likely N-dealkylation sites (tertiary alicyclic amines) is 1. The molecule has 0 unspecified atom stereocenters. The van der Waals surface area contributed by atoms with E-state index in [4.69, 9.17) is 13.9 Å². The molecule has 1 aromatic heterocycles. The fraction of sp³-hybridized carbons (Fsp3) is 0.526. The summed E-state index contributed by atoms with van der Waals surface area (Å²) < 4.78 is 16.3. The van der Waals surface area contributed by atoms with Gasteiger partial charge in [-0.2, -0.15) is 0 Å². The Morgan fingerprint density at radius 3 is 2.89 bits per heavy atom. The predicted octanol–water partition coefficient (Wildman–Crippen LogP) is 3.64. The molecule has 1 amide bonds. The second-order valence-corrected chi connectivity index (χ2v) is 7.30. The molecule has 1 aromatic carbocycles. The van der Waals surface area contributed by atoms with Crippen LogP contribution < -0.4 is 9.47 Å². The zero-order chi connectivity index (χ0) is 19.2. The number of benzene rings is 1. The normalized spacial score (nSPS) is 17.0. The molecule has 1 atom stereocenters. The first-order valence-electron chi connectivity index (χ1n) is 9.14. The topological polar surface area (TPSA) is 77.7 Å². The van der Waals surface area contributed by atoms with Gasteiger partial charge in [-0.1, -0.05) is 18.7 Å². The predicted molar refractivity (Wildman–Crippen MR) is 103 cm³/mol. The van der Waals surface area contributed by atoms with E-state index in [0.717, 1.165) is 25.8 Å². The molecule has 7 nitrogen and oxygen atoms in total. The first kappa shape index (κ1) is 19.5. The Morgan fingerprint density at radius 2 is 2.15 bits per heavy atom. The summed E-state index contributed by atoms with van der Waals surface area (Å²) in [6.45, 7) is 2.98. The van der Waals surface area contributed by atoms with Gasteiger partial charge in [0.25, 0.3) is 11.1 Å². The zero-order valence-corrected chi connectivity index (χ0v) is 16.8. The molecule has 3 rings (SSSR count). The lowest BCUT2D eigenvalue weighted by Crippen LogP contribution is -2.44. The highest BCUT2D eigenvalue weighted by atomic mass is 32.2. The average molecular weight is 391 g/mol. The Kier molecular flexibility index (Phi) is 6.60. The van der Waals surface area contributed by atoms with E-state index in [9.17, 15) is 4.79 Å². The minimum absolute atomic E-state index is 0.133. The van der Waals surface area contributed by atoms with Crippen LogP contribution >= 0.6 is 11.8 Å². The molecule has 1 aliphatic rings. The molecule has 0 spiro atoms. The van der Waals surface area contributed by atoms with E-state index >= 15 is 0 Å². The third kappa shape index (κ3) is 4.55. The fourth-order valence-corrected chi connectivity index (χ4v) is 3.96. The Balaban J connectivity index is 1.65. The number of methoxy groups -OCH3 is 2. The number of rotatable bonds is 7. The summed E-state index contributed by atoms with van der Waals surface area (Å²) in [5, 5.41) is 8.52. The quantitative estimate of drug-likeness (QED) is 0.667. The molecule has 2 heterocycles. The van der Waals surface area contributed by atoms with E-state index in [0.29, 0.717) is 40.0 Å². The van der Waals surface area contributed by atoms with Crippen LogP contribution in [0.5, 0.6) is 11.5 Å². The first-order chi connectivity index (χ1) is 13.2. The summed E-state index contributed by atoms with van der Waals surface area (Å²) in [7, 11) is 3.17. The fourth-order valence-electron chi connectivity index (χ4n) is 3.31. The molecule has 8 heteroatoms. The molecular weight excluding hydrogens is 366 g/mol. The van der Waals surface area contributed by atoms with Gasteiger partial charge in [0.1, 0.15) is 11.5 Å². The van der Waals surface area contributed by atoms with Crippen molar-refractivity contribution >= 4 is 17.7 Å². The number of ether oxygens (including phenoxy) is 2. The van der Waals surface area contributed by atoms with E-state index in [-0.39, 0.29) is 5.91 Å². The van der Waals surface area contributed by atoms with E-state index < -0.39 is 0 Å². The Bertz CT molecular complexity index is 780. The molecule has 1 aliphatic heterocycles. The number of carbonyl (C=O) groups excluding carboxylic acids is 1. The van der Waals surface area contributed by atoms with Crippen LogP contribution in [-0.2, 0) is 4.79 Å². The van der Waals surface area contributed by atoms with Crippen molar-refractivity contribution in [3.05, 3.63) is 18.2 Å². The van der Waals surface area contributed by atoms with Gasteiger partial charge in [-0.15, -0.1) is 10.2 Å². The molecule has 1 fully saturated rings. The van der Waals surface area contributed by atoms with Crippen molar-refractivity contribution in [2.45, 2.75) is 43.9 Å². The van der Waals surface area contributed by atoms with Gasteiger partial charge >= 0.3 is 0 Å². The lowest BCUT2D eigenvalue weighted by Gasteiger charge is -2.35. The third-order valence-electron chi connectivity index (χ3n) is 4.78. The summed E-state index contributed by atoms with van der Waals surface area (Å²) in [6, 6.07) is 5.73. The number of piperidine rings is 1. The van der Waals surface area contributed by atoms with E-state index in [1.165, 1.54) is 18.2 Å². The van der Waals surface area contributed by atoms with Gasteiger partial charge in [0, 0.05) is 18.7 Å². The minimum Gasteiger partial charge on any atom is -0.497 e. The lowest BCUT2D eigenvalue weighted by molar-refractivity contribution is -0.132. The van der Waals surface area contributed by atoms with Crippen LogP contribution in [0, 0.1) is 0 Å². The largest absolute Gasteiger partial charge is 0.497 e. The van der Waals surface area contributed by atoms with E-state index in [1.807, 2.05) is 11.0 Å². The van der Waals surface area contributed by atoms with Gasteiger partial charge in [-0.3, -0.25) is 4.79 Å². The van der Waals surface area contributed by atoms with Crippen LogP contribution in [0.3, 0.4) is 0 Å². The highest BCUT2D eigenvalue weighted by Crippen LogP contribution is 2.33. The molecule has 0 bridgehead atoms. The second-order valence-electron chi connectivity index (χ2n) is 6.37. The Labute approximate surface area is 163 Å². The van der Waals surface area contributed by atoms with Crippen molar-refractivity contribution in [1.29, 1.82) is 0 Å². The molecule has 1 saturated heterocycles. The van der Waals surface area contributed by atoms with Crippen molar-refractivity contribution in [3.63, 3.8) is 0 Å². The minimum atomic E-state index is 0.133. The van der Waals surface area contributed by atoms with Gasteiger partial charge < -0.3 is 18.8 Å². The Morgan fingerprint density at radius 1 is 1.30 bits per heavy atom. The highest BCUT2D eigenvalue weighted by molar-refractivity contribution is 7.99. The molecule has 0 N–H and O–H groups in total. The number of nitrogens with zero attached hydrogens (tertiary/aromatic N) is 3. The van der Waals surface area contributed by atoms with Crippen molar-refractivity contribution in [3.8, 4) is 23.0 Å². The maximum atomic E-state index is 12.6. The number of hydrogen-bond donors (Lipinski definition) is 0. The van der Waals surface area contributed by atoms with E-state index in [1.54, 1.807) is 26.4 Å². The SMILES string of the molecule is CC[C@@H]1CCCCN1C(=O)CSc1nnc(-c2ccc(OC)cc2OC)o1. The third-order valence-corrected chi connectivity index (χ3v) is 5.59. The molecule has 0 aliphatic carbocycles. The van der Waals surface area contributed by atoms with Crippen molar-refractivity contribution in [2.75, 3.05) is 26.5 Å². The maximum Gasteiger partial charge on any atom is 0.277 e. The number of carbonyl (C=O) groups is 1. The van der Waals surface area contributed by atoms with Crippen molar-refractivity contribution in [2.24, 2.45) is 0 Å². The molecular formula is C19H25N3O4S. The molecule has 0 saturated carbocycles. The number of aromatic nitrogens is 2. The number of thioether (sulfide) groups is 1. The van der Waals surface area contributed by atoms with Crippen LogP contribution in [0.15, 0.2) is 27.8 Å². The van der Waals surface area contributed by atoms with Gasteiger partial charge in [-0.05, 0) is 37.8 Å². The second kappa shape index (κ2) is 9.12. The van der Waals surface area contributed by atoms with Gasteiger partial charge in [0.15, 0.2) is 0 Å². The van der Waals surface area contributed by atoms with Crippen molar-refractivity contribution in [1.82, 2.24) is 15.1 Å². The molecule has 146 valence electrons. The lowest BCUT2D eigenvalue weighted by atomic mass is 10.0. The standard InChI is InChI=1S/C19H25N3O4S/c1-4-13-7-5-6-10-22(13)17(23)12-27-19-21-20-18(26-19)15-9-8-14(24-2)11-16(15)25-3/h8-9,11,13H,4-7,10,12H2,1-3H3/t13-/m1/s1. The van der Waals surface area contributed by atoms with Gasteiger partial charge in [0.05, 0.1) is 25.5 Å². The zero-order valence-electron chi connectivity index (χ0n) is 15.9. The number of hydrogen-bond acceptors (Lipinski definition) is 7. The average Bonchev–Trinajstić information content (AvgIpc) is 3.20. The van der Waals surface area contributed by atoms with Crippen LogP contribution in [-0.4, -0.2) is 53.6 Å². The summed E-state index contributed by atoms with van der Waals surface area (Å²) in [5.74, 6) is 2.06. The molecule has 0 radical (unpaired) electrons. The molecule has 27 heavy (non-hydrogen) atoms. The first-order valence-corrected chi connectivity index (χ1v) is 10.1. The van der Waals surface area contributed by atoms with Crippen LogP contribution in [0.2, 0.25) is 0 Å². The van der Waals surface area contributed by atoms with Gasteiger partial charge in [-0.25, -0.2) is 0 Å². The van der Waals surface area contributed by atoms with Crippen LogP contribution in [0.25, 0.3) is 11.5 Å².